The van der Waals surface area contributed by atoms with E-state index < -0.39 is 10.0 Å². The number of hydrogen-bond acceptors (Lipinski definition) is 4. The van der Waals surface area contributed by atoms with Gasteiger partial charge in [0.15, 0.2) is 0 Å². The molecule has 0 aliphatic carbocycles. The van der Waals surface area contributed by atoms with Crippen molar-refractivity contribution in [3.63, 3.8) is 0 Å². The van der Waals surface area contributed by atoms with Crippen LogP contribution in [0.1, 0.15) is 33.1 Å². The molecule has 1 fully saturated rings. The molecule has 1 heterocycles. The molecular formula is C13H27N3O3S. The van der Waals surface area contributed by atoms with Gasteiger partial charge in [-0.3, -0.25) is 4.79 Å². The average Bonchev–Trinajstić information content (AvgIpc) is 2.90. The van der Waals surface area contributed by atoms with Gasteiger partial charge in [0.25, 0.3) is 0 Å². The summed E-state index contributed by atoms with van der Waals surface area (Å²) in [6.07, 6.45) is 2.49. The van der Waals surface area contributed by atoms with E-state index in [1.165, 1.54) is 4.31 Å². The number of nitrogens with zero attached hydrogens (tertiary/aromatic N) is 1. The molecule has 1 aliphatic rings. The molecule has 0 saturated carbocycles. The molecule has 0 bridgehead atoms. The summed E-state index contributed by atoms with van der Waals surface area (Å²) in [6, 6.07) is 0. The van der Waals surface area contributed by atoms with Gasteiger partial charge in [-0.05, 0) is 31.8 Å². The summed E-state index contributed by atoms with van der Waals surface area (Å²) < 4.78 is 25.2. The van der Waals surface area contributed by atoms with Gasteiger partial charge in [0.1, 0.15) is 0 Å². The van der Waals surface area contributed by atoms with Gasteiger partial charge >= 0.3 is 0 Å². The Morgan fingerprint density at radius 1 is 1.35 bits per heavy atom. The van der Waals surface area contributed by atoms with E-state index in [1.807, 2.05) is 13.8 Å². The number of amides is 1. The van der Waals surface area contributed by atoms with Crippen LogP contribution in [0.5, 0.6) is 0 Å². The summed E-state index contributed by atoms with van der Waals surface area (Å²) in [5.74, 6) is 0.512. The van der Waals surface area contributed by atoms with Crippen LogP contribution in [-0.4, -0.2) is 57.1 Å². The third-order valence-corrected chi connectivity index (χ3v) is 5.75. The standard InChI is InChI=1S/C13H27N3O3S/c1-3-16(4-2)20(18,19)10-9-15-13(17)6-5-12-7-8-14-11-12/h12,14H,3-11H2,1-2H3,(H,15,17). The van der Waals surface area contributed by atoms with Crippen molar-refractivity contribution < 1.29 is 13.2 Å². The van der Waals surface area contributed by atoms with Crippen LogP contribution in [0.4, 0.5) is 0 Å². The number of hydrogen-bond donors (Lipinski definition) is 2. The highest BCUT2D eigenvalue weighted by Crippen LogP contribution is 2.13. The largest absolute Gasteiger partial charge is 0.355 e. The Bertz CT molecular complexity index is 388. The van der Waals surface area contributed by atoms with Crippen molar-refractivity contribution in [3.8, 4) is 0 Å². The molecule has 118 valence electrons. The molecule has 0 aromatic carbocycles. The molecule has 1 atom stereocenters. The van der Waals surface area contributed by atoms with Crippen LogP contribution < -0.4 is 10.6 Å². The molecule has 1 saturated heterocycles. The molecule has 1 amide bonds. The Balaban J connectivity index is 2.20. The SMILES string of the molecule is CCN(CC)S(=O)(=O)CCNC(=O)CCC1CCNC1. The van der Waals surface area contributed by atoms with Gasteiger partial charge in [-0.25, -0.2) is 12.7 Å². The van der Waals surface area contributed by atoms with E-state index in [9.17, 15) is 13.2 Å². The molecule has 2 N–H and O–H groups in total. The minimum Gasteiger partial charge on any atom is -0.355 e. The van der Waals surface area contributed by atoms with Crippen LogP contribution in [0.2, 0.25) is 0 Å². The highest BCUT2D eigenvalue weighted by Gasteiger charge is 2.19. The summed E-state index contributed by atoms with van der Waals surface area (Å²) in [4.78, 5) is 11.7. The van der Waals surface area contributed by atoms with Gasteiger partial charge in [-0.15, -0.1) is 0 Å². The zero-order valence-corrected chi connectivity index (χ0v) is 13.3. The van der Waals surface area contributed by atoms with E-state index >= 15 is 0 Å². The van der Waals surface area contributed by atoms with Crippen molar-refractivity contribution in [1.29, 1.82) is 0 Å². The number of sulfonamides is 1. The molecule has 20 heavy (non-hydrogen) atoms. The van der Waals surface area contributed by atoms with Crippen molar-refractivity contribution >= 4 is 15.9 Å². The third-order valence-electron chi connectivity index (χ3n) is 3.72. The van der Waals surface area contributed by atoms with Gasteiger partial charge in [0.05, 0.1) is 5.75 Å². The second-order valence-electron chi connectivity index (χ2n) is 5.15. The average molecular weight is 305 g/mol. The maximum atomic E-state index is 11.9. The van der Waals surface area contributed by atoms with E-state index in [4.69, 9.17) is 0 Å². The maximum absolute atomic E-state index is 11.9. The van der Waals surface area contributed by atoms with Gasteiger partial charge in [-0.2, -0.15) is 0 Å². The fraction of sp³-hybridized carbons (Fsp3) is 0.923. The predicted octanol–water partition coefficient (Wildman–Crippen LogP) is 0.164. The summed E-state index contributed by atoms with van der Waals surface area (Å²) in [5, 5.41) is 5.97. The van der Waals surface area contributed by atoms with Crippen molar-refractivity contribution in [1.82, 2.24) is 14.9 Å². The molecule has 7 heteroatoms. The highest BCUT2D eigenvalue weighted by atomic mass is 32.2. The zero-order valence-electron chi connectivity index (χ0n) is 12.5. The number of nitrogens with one attached hydrogen (secondary N) is 2. The summed E-state index contributed by atoms with van der Waals surface area (Å²) in [6.45, 7) is 6.80. The molecule has 6 nitrogen and oxygen atoms in total. The lowest BCUT2D eigenvalue weighted by Gasteiger charge is -2.18. The van der Waals surface area contributed by atoms with Gasteiger partial charge in [0, 0.05) is 26.1 Å². The maximum Gasteiger partial charge on any atom is 0.220 e. The molecule has 1 rings (SSSR count). The number of carbonyl (C=O) groups excluding carboxylic acids is 1. The highest BCUT2D eigenvalue weighted by molar-refractivity contribution is 7.89. The van der Waals surface area contributed by atoms with Crippen molar-refractivity contribution in [3.05, 3.63) is 0 Å². The van der Waals surface area contributed by atoms with E-state index in [1.54, 1.807) is 0 Å². The van der Waals surface area contributed by atoms with Crippen LogP contribution in [0, 0.1) is 5.92 Å². The Morgan fingerprint density at radius 2 is 2.05 bits per heavy atom. The van der Waals surface area contributed by atoms with Gasteiger partial charge in [-0.1, -0.05) is 13.8 Å². The van der Waals surface area contributed by atoms with Crippen molar-refractivity contribution in [2.45, 2.75) is 33.1 Å². The predicted molar refractivity (Wildman–Crippen MR) is 79.9 cm³/mol. The van der Waals surface area contributed by atoms with Crippen LogP contribution in [-0.2, 0) is 14.8 Å². The second kappa shape index (κ2) is 8.59. The fourth-order valence-electron chi connectivity index (χ4n) is 2.45. The molecule has 0 aromatic rings. The first-order valence-electron chi connectivity index (χ1n) is 7.44. The molecule has 1 unspecified atom stereocenters. The lowest BCUT2D eigenvalue weighted by atomic mass is 10.0. The Hall–Kier alpha value is -0.660. The first-order chi connectivity index (χ1) is 9.49. The fourth-order valence-corrected chi connectivity index (χ4v) is 3.85. The number of rotatable bonds is 9. The Labute approximate surface area is 122 Å². The van der Waals surface area contributed by atoms with Gasteiger partial charge in [0.2, 0.25) is 15.9 Å². The van der Waals surface area contributed by atoms with Gasteiger partial charge < -0.3 is 10.6 Å². The Morgan fingerprint density at radius 3 is 2.60 bits per heavy atom. The zero-order chi connectivity index (χ0) is 15.0. The topological polar surface area (TPSA) is 78.5 Å². The van der Waals surface area contributed by atoms with E-state index in [0.29, 0.717) is 25.4 Å². The first kappa shape index (κ1) is 17.4. The van der Waals surface area contributed by atoms with Crippen molar-refractivity contribution in [2.24, 2.45) is 5.92 Å². The van der Waals surface area contributed by atoms with Crippen LogP contribution in [0.3, 0.4) is 0 Å². The molecule has 0 spiro atoms. The first-order valence-corrected chi connectivity index (χ1v) is 9.05. The second-order valence-corrected chi connectivity index (χ2v) is 7.24. The number of carbonyl (C=O) groups is 1. The monoisotopic (exact) mass is 305 g/mol. The minimum atomic E-state index is -3.24. The normalized spacial score (nSPS) is 19.4. The lowest BCUT2D eigenvalue weighted by molar-refractivity contribution is -0.121. The molecule has 0 radical (unpaired) electrons. The molecular weight excluding hydrogens is 278 g/mol. The lowest BCUT2D eigenvalue weighted by Crippen LogP contribution is -2.37. The van der Waals surface area contributed by atoms with Crippen LogP contribution in [0.15, 0.2) is 0 Å². The molecule has 1 aliphatic heterocycles. The summed E-state index contributed by atoms with van der Waals surface area (Å²) >= 11 is 0. The van der Waals surface area contributed by atoms with E-state index in [2.05, 4.69) is 10.6 Å². The quantitative estimate of drug-likeness (QED) is 0.636. The van der Waals surface area contributed by atoms with Crippen LogP contribution in [0.25, 0.3) is 0 Å². The van der Waals surface area contributed by atoms with E-state index in [0.717, 1.165) is 25.9 Å². The third kappa shape index (κ3) is 5.76. The summed E-state index contributed by atoms with van der Waals surface area (Å²) in [5.41, 5.74) is 0. The van der Waals surface area contributed by atoms with Crippen LogP contribution >= 0.6 is 0 Å². The minimum absolute atomic E-state index is 0.0224. The van der Waals surface area contributed by atoms with E-state index in [-0.39, 0.29) is 18.2 Å². The molecule has 0 aromatic heterocycles. The Kier molecular flexibility index (Phi) is 7.47. The summed E-state index contributed by atoms with van der Waals surface area (Å²) in [7, 11) is -3.24. The van der Waals surface area contributed by atoms with Crippen molar-refractivity contribution in [2.75, 3.05) is 38.5 Å². The smallest absolute Gasteiger partial charge is 0.220 e.